The molecule has 0 saturated carbocycles. The number of aromatic nitrogens is 3. The zero-order valence-corrected chi connectivity index (χ0v) is 21.1. The van der Waals surface area contributed by atoms with Crippen molar-refractivity contribution in [3.05, 3.63) is 109 Å². The average molecular weight is 500 g/mol. The fourth-order valence-electron chi connectivity index (χ4n) is 7.26. The highest BCUT2D eigenvalue weighted by atomic mass is 16.3. The van der Waals surface area contributed by atoms with Crippen LogP contribution < -0.4 is 0 Å². The first-order chi connectivity index (χ1) is 19.3. The lowest BCUT2D eigenvalue weighted by Gasteiger charge is -2.08. The highest BCUT2D eigenvalue weighted by Crippen LogP contribution is 2.48. The van der Waals surface area contributed by atoms with Crippen LogP contribution in [-0.2, 0) is 7.05 Å². The van der Waals surface area contributed by atoms with Gasteiger partial charge >= 0.3 is 0 Å². The van der Waals surface area contributed by atoms with E-state index in [0.717, 1.165) is 33.4 Å². The van der Waals surface area contributed by atoms with Crippen LogP contribution in [-0.4, -0.2) is 13.5 Å². The largest absolute Gasteiger partial charge is 0.439 e. The SMILES string of the molecule is Cn1c2cccc3c2c2c1ccc1c4c5ccccc5n(-c5ccccc5)c4n(c4oc5ccccc5c34)c12. The zero-order chi connectivity index (χ0) is 25.4. The molecule has 4 heteroatoms. The summed E-state index contributed by atoms with van der Waals surface area (Å²) in [5, 5.41) is 9.86. The van der Waals surface area contributed by atoms with E-state index >= 15 is 0 Å². The van der Waals surface area contributed by atoms with Crippen molar-refractivity contribution in [1.82, 2.24) is 13.5 Å². The lowest BCUT2D eigenvalue weighted by Crippen LogP contribution is -1.97. The summed E-state index contributed by atoms with van der Waals surface area (Å²) in [6.07, 6.45) is 0. The fourth-order valence-corrected chi connectivity index (χ4v) is 7.26. The number of nitrogens with zero attached hydrogens (tertiary/aromatic N) is 3. The molecule has 182 valence electrons. The topological polar surface area (TPSA) is 27.4 Å². The summed E-state index contributed by atoms with van der Waals surface area (Å²) in [4.78, 5) is 0. The minimum atomic E-state index is 0.884. The Morgan fingerprint density at radius 2 is 1.23 bits per heavy atom. The molecule has 0 saturated heterocycles. The van der Waals surface area contributed by atoms with E-state index in [1.807, 2.05) is 0 Å². The highest BCUT2D eigenvalue weighted by Gasteiger charge is 2.27. The molecule has 4 nitrogen and oxygen atoms in total. The summed E-state index contributed by atoms with van der Waals surface area (Å²) in [5.41, 5.74) is 8.93. The van der Waals surface area contributed by atoms with Gasteiger partial charge in [0.15, 0.2) is 0 Å². The fraction of sp³-hybridized carbons (Fsp3) is 0.0286. The summed E-state index contributed by atoms with van der Waals surface area (Å²) < 4.78 is 14.0. The monoisotopic (exact) mass is 499 g/mol. The standard InChI is InChI=1S/C35H21N3O/c1-36-26-16-9-14-23-30-22-13-6-8-17-28(22)39-35(30)38-33-24(18-19-27(36)32(33)31(23)26)29-21-12-5-7-15-25(21)37(34(29)38)20-10-3-2-4-11-20/h2-19H,1H3. The number of hydrogen-bond donors (Lipinski definition) is 0. The third-order valence-electron chi connectivity index (χ3n) is 8.79. The van der Waals surface area contributed by atoms with E-state index < -0.39 is 0 Å². The highest BCUT2D eigenvalue weighted by molar-refractivity contribution is 6.36. The number of hydrogen-bond acceptors (Lipinski definition) is 1. The van der Waals surface area contributed by atoms with Crippen molar-refractivity contribution in [3.8, 4) is 5.69 Å². The molecule has 10 aromatic rings. The predicted octanol–water partition coefficient (Wildman–Crippen LogP) is 9.17. The molecule has 10 rings (SSSR count). The third-order valence-corrected chi connectivity index (χ3v) is 8.79. The summed E-state index contributed by atoms with van der Waals surface area (Å²) in [5.74, 6) is 0. The van der Waals surface area contributed by atoms with Gasteiger partial charge in [-0.2, -0.15) is 0 Å². The molecule has 0 N–H and O–H groups in total. The minimum Gasteiger partial charge on any atom is -0.439 e. The molecule has 0 aliphatic rings. The predicted molar refractivity (Wildman–Crippen MR) is 162 cm³/mol. The number of benzene rings is 5. The Morgan fingerprint density at radius 3 is 2.13 bits per heavy atom. The molecule has 0 atom stereocenters. The lowest BCUT2D eigenvalue weighted by atomic mass is 10.0. The summed E-state index contributed by atoms with van der Waals surface area (Å²) in [6, 6.07) is 39.2. The van der Waals surface area contributed by atoms with Crippen LogP contribution in [0.1, 0.15) is 0 Å². The summed E-state index contributed by atoms with van der Waals surface area (Å²) >= 11 is 0. The van der Waals surface area contributed by atoms with E-state index in [1.54, 1.807) is 0 Å². The van der Waals surface area contributed by atoms with Gasteiger partial charge in [0.05, 0.1) is 21.9 Å². The molecule has 5 heterocycles. The van der Waals surface area contributed by atoms with Crippen LogP contribution in [0.3, 0.4) is 0 Å². The van der Waals surface area contributed by atoms with Crippen LogP contribution in [0.2, 0.25) is 0 Å². The molecular formula is C35H21N3O. The molecule has 0 aliphatic carbocycles. The Hall–Kier alpha value is -5.22. The Morgan fingerprint density at radius 1 is 0.513 bits per heavy atom. The number of rotatable bonds is 1. The Labute approximate surface area is 221 Å². The third kappa shape index (κ3) is 2.16. The first-order valence-corrected chi connectivity index (χ1v) is 13.4. The minimum absolute atomic E-state index is 0.884. The second-order valence-corrected chi connectivity index (χ2v) is 10.6. The number of para-hydroxylation sites is 3. The Balaban J connectivity index is 1.67. The normalized spacial score (nSPS) is 12.7. The maximum absolute atomic E-state index is 6.85. The van der Waals surface area contributed by atoms with Crippen LogP contribution in [0.4, 0.5) is 0 Å². The Bertz CT molecular complexity index is 2610. The summed E-state index contributed by atoms with van der Waals surface area (Å²) in [6.45, 7) is 0. The lowest BCUT2D eigenvalue weighted by molar-refractivity contribution is 0.650. The second-order valence-electron chi connectivity index (χ2n) is 10.6. The average Bonchev–Trinajstić information content (AvgIpc) is 3.68. The maximum atomic E-state index is 6.85. The van der Waals surface area contributed by atoms with Crippen LogP contribution in [0.25, 0.3) is 87.8 Å². The molecular weight excluding hydrogens is 478 g/mol. The molecule has 0 amide bonds. The van der Waals surface area contributed by atoms with Gasteiger partial charge in [-0.3, -0.25) is 8.97 Å². The van der Waals surface area contributed by atoms with Gasteiger partial charge in [0.1, 0.15) is 11.2 Å². The van der Waals surface area contributed by atoms with Crippen molar-refractivity contribution in [1.29, 1.82) is 0 Å². The molecule has 39 heavy (non-hydrogen) atoms. The van der Waals surface area contributed by atoms with Gasteiger partial charge in [0.25, 0.3) is 0 Å². The van der Waals surface area contributed by atoms with Gasteiger partial charge < -0.3 is 8.98 Å². The smallest absolute Gasteiger partial charge is 0.214 e. The van der Waals surface area contributed by atoms with E-state index in [2.05, 4.69) is 130 Å². The Kier molecular flexibility index (Phi) is 3.36. The number of aryl methyl sites for hydroxylation is 1. The molecule has 0 aliphatic heterocycles. The van der Waals surface area contributed by atoms with E-state index in [4.69, 9.17) is 4.42 Å². The molecule has 5 aromatic carbocycles. The molecule has 0 spiro atoms. The van der Waals surface area contributed by atoms with Gasteiger partial charge in [-0.1, -0.05) is 66.7 Å². The van der Waals surface area contributed by atoms with Crippen molar-refractivity contribution in [2.24, 2.45) is 7.05 Å². The van der Waals surface area contributed by atoms with Crippen LogP contribution in [0.5, 0.6) is 0 Å². The van der Waals surface area contributed by atoms with E-state index in [1.165, 1.54) is 54.4 Å². The first-order valence-electron chi connectivity index (χ1n) is 13.4. The van der Waals surface area contributed by atoms with Crippen LogP contribution in [0, 0.1) is 0 Å². The van der Waals surface area contributed by atoms with Gasteiger partial charge in [0.2, 0.25) is 5.71 Å². The van der Waals surface area contributed by atoms with Crippen LogP contribution >= 0.6 is 0 Å². The molecule has 0 bridgehead atoms. The zero-order valence-electron chi connectivity index (χ0n) is 21.1. The first kappa shape index (κ1) is 19.8. The number of furan rings is 1. The second kappa shape index (κ2) is 6.61. The van der Waals surface area contributed by atoms with Gasteiger partial charge in [-0.05, 0) is 47.9 Å². The van der Waals surface area contributed by atoms with Crippen LogP contribution in [0.15, 0.2) is 114 Å². The quantitative estimate of drug-likeness (QED) is 0.221. The van der Waals surface area contributed by atoms with E-state index in [9.17, 15) is 0 Å². The van der Waals surface area contributed by atoms with E-state index in [0.29, 0.717) is 0 Å². The van der Waals surface area contributed by atoms with Gasteiger partial charge in [-0.25, -0.2) is 0 Å². The van der Waals surface area contributed by atoms with Crippen molar-refractivity contribution in [2.75, 3.05) is 0 Å². The molecule has 0 fully saturated rings. The molecule has 0 radical (unpaired) electrons. The van der Waals surface area contributed by atoms with Crippen molar-refractivity contribution >= 4 is 82.1 Å². The number of fused-ring (bicyclic) bond motifs is 10. The van der Waals surface area contributed by atoms with Crippen molar-refractivity contribution in [3.63, 3.8) is 0 Å². The van der Waals surface area contributed by atoms with Gasteiger partial charge in [-0.15, -0.1) is 0 Å². The van der Waals surface area contributed by atoms with Crippen molar-refractivity contribution in [2.45, 2.75) is 0 Å². The van der Waals surface area contributed by atoms with Crippen molar-refractivity contribution < 1.29 is 4.42 Å². The van der Waals surface area contributed by atoms with E-state index in [-0.39, 0.29) is 0 Å². The summed E-state index contributed by atoms with van der Waals surface area (Å²) in [7, 11) is 2.18. The van der Waals surface area contributed by atoms with Gasteiger partial charge in [0, 0.05) is 50.6 Å². The maximum Gasteiger partial charge on any atom is 0.214 e. The molecule has 0 unspecified atom stereocenters. The molecule has 5 aromatic heterocycles.